The second-order valence-electron chi connectivity index (χ2n) is 28.1. The van der Waals surface area contributed by atoms with Crippen LogP contribution in [0.25, 0.3) is 0 Å². The second-order valence-corrected chi connectivity index (χ2v) is 28.1. The molecule has 0 spiro atoms. The molecule has 0 saturated carbocycles. The Balaban J connectivity index is 3.39. The lowest BCUT2D eigenvalue weighted by Crippen LogP contribution is -2.45. The van der Waals surface area contributed by atoms with Gasteiger partial charge in [-0.05, 0) is 89.9 Å². The maximum atomic E-state index is 12.5. The fourth-order valence-corrected chi connectivity index (χ4v) is 12.8. The van der Waals surface area contributed by atoms with Crippen molar-refractivity contribution in [2.24, 2.45) is 0 Å². The minimum absolute atomic E-state index is 0.0142. The van der Waals surface area contributed by atoms with Crippen molar-refractivity contribution in [2.45, 2.75) is 463 Å². The van der Waals surface area contributed by atoms with Gasteiger partial charge in [0.05, 0.1) is 25.4 Å². The molecule has 0 saturated heterocycles. The number of allylic oxidation sites excluding steroid dienone is 7. The molecule has 0 aromatic heterocycles. The summed E-state index contributed by atoms with van der Waals surface area (Å²) < 4.78 is 5.51. The van der Waals surface area contributed by atoms with Crippen molar-refractivity contribution >= 4 is 11.9 Å². The monoisotopic (exact) mass is 1260 g/mol. The number of nitrogens with one attached hydrogen (secondary N) is 1. The molecule has 0 aromatic rings. The zero-order chi connectivity index (χ0) is 64.9. The quantitative estimate of drug-likeness (QED) is 0.0320. The van der Waals surface area contributed by atoms with Crippen molar-refractivity contribution in [3.63, 3.8) is 0 Å². The van der Waals surface area contributed by atoms with Gasteiger partial charge in [-0.15, -0.1) is 0 Å². The van der Waals surface area contributed by atoms with Crippen LogP contribution in [0.4, 0.5) is 0 Å². The van der Waals surface area contributed by atoms with Crippen LogP contribution in [0.15, 0.2) is 48.6 Å². The predicted octanol–water partition coefficient (Wildman–Crippen LogP) is 27.2. The fourth-order valence-electron chi connectivity index (χ4n) is 12.8. The molecular weight excluding hydrogens is 1100 g/mol. The number of ether oxygens (including phenoxy) is 1. The number of unbranched alkanes of at least 4 members (excludes halogenated alkanes) is 60. The van der Waals surface area contributed by atoms with Gasteiger partial charge in [0.2, 0.25) is 5.91 Å². The van der Waals surface area contributed by atoms with Crippen molar-refractivity contribution in [3.8, 4) is 0 Å². The first-order valence-electron chi connectivity index (χ1n) is 40.9. The molecule has 0 bridgehead atoms. The number of rotatable bonds is 77. The van der Waals surface area contributed by atoms with Crippen LogP contribution in [-0.4, -0.2) is 47.4 Å². The number of esters is 1. The Morgan fingerprint density at radius 2 is 0.556 bits per heavy atom. The second kappa shape index (κ2) is 79.3. The van der Waals surface area contributed by atoms with Crippen molar-refractivity contribution in [1.82, 2.24) is 5.32 Å². The van der Waals surface area contributed by atoms with Crippen LogP contribution < -0.4 is 5.32 Å². The van der Waals surface area contributed by atoms with E-state index in [4.69, 9.17) is 4.74 Å². The third-order valence-corrected chi connectivity index (χ3v) is 19.1. The summed E-state index contributed by atoms with van der Waals surface area (Å²) in [4.78, 5) is 24.7. The SMILES string of the molecule is CCCCCCCC/C=C\CCCCCCCCCCCC(=O)OCCCCCCCCCCC/C=C\C/C=C\CCCCCCCCCCCCCCCCCCCC(=O)NC(CO)C(O)/C=C/CCCCCCCCCCCCCCCCCCCCC. The molecule has 0 aliphatic rings. The Labute approximate surface area is 563 Å². The van der Waals surface area contributed by atoms with Gasteiger partial charge in [0.15, 0.2) is 0 Å². The molecule has 0 aromatic carbocycles. The maximum Gasteiger partial charge on any atom is 0.305 e. The van der Waals surface area contributed by atoms with Gasteiger partial charge in [0.1, 0.15) is 0 Å². The smallest absolute Gasteiger partial charge is 0.305 e. The number of aliphatic hydroxyl groups is 2. The molecule has 3 N–H and O–H groups in total. The van der Waals surface area contributed by atoms with Crippen LogP contribution in [0.5, 0.6) is 0 Å². The van der Waals surface area contributed by atoms with E-state index >= 15 is 0 Å². The normalized spacial score (nSPS) is 12.7. The zero-order valence-corrected chi connectivity index (χ0v) is 60.9. The Bertz CT molecular complexity index is 1500. The molecule has 0 rings (SSSR count). The van der Waals surface area contributed by atoms with Gasteiger partial charge in [-0.1, -0.05) is 396 Å². The summed E-state index contributed by atoms with van der Waals surface area (Å²) in [6, 6.07) is -0.628. The summed E-state index contributed by atoms with van der Waals surface area (Å²) in [6.45, 7) is 4.94. The summed E-state index contributed by atoms with van der Waals surface area (Å²) >= 11 is 0. The maximum absolute atomic E-state index is 12.5. The molecule has 6 nitrogen and oxygen atoms in total. The first-order valence-corrected chi connectivity index (χ1v) is 40.9. The van der Waals surface area contributed by atoms with E-state index in [-0.39, 0.29) is 18.5 Å². The minimum atomic E-state index is -0.845. The van der Waals surface area contributed by atoms with E-state index in [0.717, 1.165) is 51.4 Å². The van der Waals surface area contributed by atoms with E-state index in [2.05, 4.69) is 55.6 Å². The van der Waals surface area contributed by atoms with Gasteiger partial charge >= 0.3 is 5.97 Å². The summed E-state index contributed by atoms with van der Waals surface area (Å²) in [7, 11) is 0. The Morgan fingerprint density at radius 3 is 0.856 bits per heavy atom. The molecule has 0 fully saturated rings. The van der Waals surface area contributed by atoms with E-state index in [9.17, 15) is 19.8 Å². The average molecular weight is 1260 g/mol. The highest BCUT2D eigenvalue weighted by molar-refractivity contribution is 5.76. The molecule has 2 atom stereocenters. The minimum Gasteiger partial charge on any atom is -0.466 e. The zero-order valence-electron chi connectivity index (χ0n) is 60.9. The Kier molecular flexibility index (Phi) is 77.3. The molecule has 6 heteroatoms. The first-order chi connectivity index (χ1) is 44.5. The number of amides is 1. The van der Waals surface area contributed by atoms with E-state index in [1.165, 1.54) is 372 Å². The topological polar surface area (TPSA) is 95.9 Å². The Hall–Kier alpha value is -2.18. The van der Waals surface area contributed by atoms with Gasteiger partial charge in [-0.25, -0.2) is 0 Å². The lowest BCUT2D eigenvalue weighted by molar-refractivity contribution is -0.143. The molecule has 90 heavy (non-hydrogen) atoms. The number of carbonyl (C=O) groups is 2. The molecule has 530 valence electrons. The molecule has 0 radical (unpaired) electrons. The number of hydrogen-bond acceptors (Lipinski definition) is 5. The number of aliphatic hydroxyl groups excluding tert-OH is 2. The van der Waals surface area contributed by atoms with E-state index in [0.29, 0.717) is 19.4 Å². The summed E-state index contributed by atoms with van der Waals surface area (Å²) in [5, 5.41) is 23.3. The van der Waals surface area contributed by atoms with Crippen molar-refractivity contribution in [3.05, 3.63) is 48.6 Å². The lowest BCUT2D eigenvalue weighted by atomic mass is 10.0. The number of hydrogen-bond donors (Lipinski definition) is 3. The third-order valence-electron chi connectivity index (χ3n) is 19.1. The average Bonchev–Trinajstić information content (AvgIpc) is 3.65. The molecule has 2 unspecified atom stereocenters. The van der Waals surface area contributed by atoms with Crippen LogP contribution >= 0.6 is 0 Å². The molecule has 0 heterocycles. The highest BCUT2D eigenvalue weighted by Crippen LogP contribution is 2.19. The molecule has 0 aliphatic heterocycles. The van der Waals surface area contributed by atoms with Gasteiger partial charge in [-0.3, -0.25) is 9.59 Å². The van der Waals surface area contributed by atoms with Crippen LogP contribution in [-0.2, 0) is 14.3 Å². The van der Waals surface area contributed by atoms with Crippen LogP contribution in [0, 0.1) is 0 Å². The lowest BCUT2D eigenvalue weighted by Gasteiger charge is -2.20. The molecule has 0 aliphatic carbocycles. The highest BCUT2D eigenvalue weighted by Gasteiger charge is 2.18. The van der Waals surface area contributed by atoms with Crippen LogP contribution in [0.3, 0.4) is 0 Å². The third kappa shape index (κ3) is 74.9. The molecular formula is C84H159NO5. The highest BCUT2D eigenvalue weighted by atomic mass is 16.5. The first kappa shape index (κ1) is 87.8. The van der Waals surface area contributed by atoms with Crippen molar-refractivity contribution in [2.75, 3.05) is 13.2 Å². The van der Waals surface area contributed by atoms with Crippen LogP contribution in [0.1, 0.15) is 450 Å². The summed E-state index contributed by atoms with van der Waals surface area (Å²) in [6.07, 6.45) is 105. The standard InChI is InChI=1S/C84H159NO5/c1-3-5-7-9-11-13-15-17-19-21-23-37-41-44-48-52-56-60-64-68-72-76-82(87)81(80-86)85-83(88)77-73-69-65-61-57-53-49-45-42-38-35-33-31-29-27-25-24-26-28-30-32-34-36-39-43-47-51-55-59-63-67-71-75-79-90-84(89)78-74-70-66-62-58-54-50-46-40-22-20-18-16-14-12-10-8-6-4-2/h18,20,28,30,34,36,72,76,81-82,86-87H,3-17,19,21-27,29,31-33,35,37-71,73-75,77-80H2,1-2H3,(H,85,88)/b20-18-,30-28-,36-34-,76-72+. The largest absolute Gasteiger partial charge is 0.466 e. The van der Waals surface area contributed by atoms with Gasteiger partial charge < -0.3 is 20.3 Å². The van der Waals surface area contributed by atoms with Crippen molar-refractivity contribution in [1.29, 1.82) is 0 Å². The van der Waals surface area contributed by atoms with E-state index in [1.54, 1.807) is 6.08 Å². The summed E-state index contributed by atoms with van der Waals surface area (Å²) in [5.41, 5.74) is 0. The van der Waals surface area contributed by atoms with E-state index in [1.807, 2.05) is 6.08 Å². The van der Waals surface area contributed by atoms with Crippen molar-refractivity contribution < 1.29 is 24.5 Å². The predicted molar refractivity (Wildman–Crippen MR) is 398 cm³/mol. The van der Waals surface area contributed by atoms with E-state index < -0.39 is 12.1 Å². The molecule has 1 amide bonds. The number of carbonyl (C=O) groups excluding carboxylic acids is 2. The van der Waals surface area contributed by atoms with Crippen LogP contribution in [0.2, 0.25) is 0 Å². The van der Waals surface area contributed by atoms with Gasteiger partial charge in [0.25, 0.3) is 0 Å². The summed E-state index contributed by atoms with van der Waals surface area (Å²) in [5.74, 6) is -0.0477. The van der Waals surface area contributed by atoms with Gasteiger partial charge in [0, 0.05) is 12.8 Å². The fraction of sp³-hybridized carbons (Fsp3) is 0.881. The Morgan fingerprint density at radius 1 is 0.311 bits per heavy atom. The van der Waals surface area contributed by atoms with Gasteiger partial charge in [-0.2, -0.15) is 0 Å².